The lowest BCUT2D eigenvalue weighted by molar-refractivity contribution is 0.0416. The molecule has 1 fully saturated rings. The number of nitrogens with zero attached hydrogens (tertiary/aromatic N) is 1. The highest BCUT2D eigenvalue weighted by Gasteiger charge is 2.37. The van der Waals surface area contributed by atoms with E-state index >= 15 is 0 Å². The van der Waals surface area contributed by atoms with Crippen LogP contribution in [0, 0.1) is 0 Å². The third-order valence-electron chi connectivity index (χ3n) is 2.54. The van der Waals surface area contributed by atoms with Crippen molar-refractivity contribution in [3.05, 3.63) is 0 Å². The Morgan fingerprint density at radius 2 is 1.94 bits per heavy atom. The lowest BCUT2D eigenvalue weighted by Crippen LogP contribution is -2.45. The van der Waals surface area contributed by atoms with Crippen molar-refractivity contribution < 1.29 is 24.2 Å². The van der Waals surface area contributed by atoms with Crippen LogP contribution in [0.2, 0.25) is 0 Å². The zero-order valence-corrected chi connectivity index (χ0v) is 11.1. The van der Waals surface area contributed by atoms with E-state index < -0.39 is 17.8 Å². The Morgan fingerprint density at radius 3 is 2.39 bits per heavy atom. The number of carbonyl (C=O) groups excluding carboxylic acids is 1. The normalized spacial score (nSPS) is 23.9. The van der Waals surface area contributed by atoms with Gasteiger partial charge in [-0.15, -0.1) is 0 Å². The molecule has 1 aliphatic rings. The van der Waals surface area contributed by atoms with Crippen molar-refractivity contribution in [3.8, 4) is 0 Å². The Kier molecular flexibility index (Phi) is 4.39. The van der Waals surface area contributed by atoms with Gasteiger partial charge >= 0.3 is 12.2 Å². The fourth-order valence-electron chi connectivity index (χ4n) is 1.77. The molecule has 1 saturated heterocycles. The summed E-state index contributed by atoms with van der Waals surface area (Å²) in [6.07, 6.45) is -1.94. The molecule has 2 amide bonds. The third kappa shape index (κ3) is 4.06. The summed E-state index contributed by atoms with van der Waals surface area (Å²) in [5.74, 6) is 0. The molecule has 0 aromatic heterocycles. The second kappa shape index (κ2) is 5.43. The van der Waals surface area contributed by atoms with Crippen LogP contribution in [0.25, 0.3) is 0 Å². The van der Waals surface area contributed by atoms with Crippen molar-refractivity contribution in [2.45, 2.75) is 38.5 Å². The SMILES string of the molecule is CO[C@H]1CN(C(=O)O)C[C@@H]1NC(=O)OC(C)(C)C. The quantitative estimate of drug-likeness (QED) is 0.769. The number of hydrogen-bond acceptors (Lipinski definition) is 4. The summed E-state index contributed by atoms with van der Waals surface area (Å²) in [7, 11) is 1.49. The molecular formula is C11H20N2O5. The second-order valence-corrected chi connectivity index (χ2v) is 5.21. The molecule has 0 aliphatic carbocycles. The highest BCUT2D eigenvalue weighted by Crippen LogP contribution is 2.14. The lowest BCUT2D eigenvalue weighted by Gasteiger charge is -2.23. The van der Waals surface area contributed by atoms with E-state index in [9.17, 15) is 9.59 Å². The minimum Gasteiger partial charge on any atom is -0.465 e. The van der Waals surface area contributed by atoms with Crippen LogP contribution in [0.1, 0.15) is 20.8 Å². The number of likely N-dealkylation sites (tertiary alicyclic amines) is 1. The topological polar surface area (TPSA) is 88.1 Å². The summed E-state index contributed by atoms with van der Waals surface area (Å²) in [5.41, 5.74) is -0.586. The lowest BCUT2D eigenvalue weighted by atomic mass is 10.2. The van der Waals surface area contributed by atoms with Gasteiger partial charge in [-0.1, -0.05) is 0 Å². The molecule has 0 bridgehead atoms. The van der Waals surface area contributed by atoms with Gasteiger partial charge in [-0.05, 0) is 20.8 Å². The van der Waals surface area contributed by atoms with Gasteiger partial charge < -0.3 is 24.8 Å². The number of hydrogen-bond donors (Lipinski definition) is 2. The van der Waals surface area contributed by atoms with Gasteiger partial charge in [-0.25, -0.2) is 9.59 Å². The van der Waals surface area contributed by atoms with Crippen LogP contribution >= 0.6 is 0 Å². The summed E-state index contributed by atoms with van der Waals surface area (Å²) < 4.78 is 10.3. The molecule has 7 heteroatoms. The standard InChI is InChI=1S/C11H20N2O5/c1-11(2,3)18-9(14)12-7-5-13(10(15)16)6-8(7)17-4/h7-8H,5-6H2,1-4H3,(H,12,14)(H,15,16)/t7-,8-/m0/s1. The minimum absolute atomic E-state index is 0.201. The molecule has 104 valence electrons. The third-order valence-corrected chi connectivity index (χ3v) is 2.54. The van der Waals surface area contributed by atoms with E-state index in [-0.39, 0.29) is 25.2 Å². The van der Waals surface area contributed by atoms with Crippen molar-refractivity contribution in [1.82, 2.24) is 10.2 Å². The van der Waals surface area contributed by atoms with Gasteiger partial charge in [-0.3, -0.25) is 0 Å². The van der Waals surface area contributed by atoms with E-state index in [1.807, 2.05) is 0 Å². The van der Waals surface area contributed by atoms with Crippen LogP contribution in [0.4, 0.5) is 9.59 Å². The van der Waals surface area contributed by atoms with E-state index in [1.165, 1.54) is 12.0 Å². The number of carbonyl (C=O) groups is 2. The Bertz CT molecular complexity index is 326. The van der Waals surface area contributed by atoms with Gasteiger partial charge in [0.05, 0.1) is 18.7 Å². The number of rotatable bonds is 2. The first-order valence-corrected chi connectivity index (χ1v) is 5.73. The fourth-order valence-corrected chi connectivity index (χ4v) is 1.77. The molecule has 0 saturated carbocycles. The Labute approximate surface area is 106 Å². The van der Waals surface area contributed by atoms with Crippen LogP contribution in [0.5, 0.6) is 0 Å². The van der Waals surface area contributed by atoms with E-state index in [0.29, 0.717) is 0 Å². The predicted octanol–water partition coefficient (Wildman–Crippen LogP) is 0.888. The molecule has 0 spiro atoms. The van der Waals surface area contributed by atoms with Gasteiger partial charge in [0.15, 0.2) is 0 Å². The fraction of sp³-hybridized carbons (Fsp3) is 0.818. The molecule has 2 atom stereocenters. The maximum Gasteiger partial charge on any atom is 0.408 e. The first-order valence-electron chi connectivity index (χ1n) is 5.73. The molecular weight excluding hydrogens is 240 g/mol. The smallest absolute Gasteiger partial charge is 0.408 e. The van der Waals surface area contributed by atoms with Gasteiger partial charge in [0.2, 0.25) is 0 Å². The minimum atomic E-state index is -1.02. The van der Waals surface area contributed by atoms with Crippen LogP contribution < -0.4 is 5.32 Å². The molecule has 2 N–H and O–H groups in total. The maximum absolute atomic E-state index is 11.6. The second-order valence-electron chi connectivity index (χ2n) is 5.21. The largest absolute Gasteiger partial charge is 0.465 e. The van der Waals surface area contributed by atoms with Gasteiger partial charge in [-0.2, -0.15) is 0 Å². The number of ether oxygens (including phenoxy) is 2. The van der Waals surface area contributed by atoms with Gasteiger partial charge in [0.25, 0.3) is 0 Å². The molecule has 0 unspecified atom stereocenters. The Hall–Kier alpha value is -1.50. The molecule has 18 heavy (non-hydrogen) atoms. The Morgan fingerprint density at radius 1 is 1.33 bits per heavy atom. The molecule has 0 aromatic rings. The van der Waals surface area contributed by atoms with E-state index in [0.717, 1.165) is 0 Å². The monoisotopic (exact) mass is 260 g/mol. The van der Waals surface area contributed by atoms with Crippen LogP contribution in [-0.2, 0) is 9.47 Å². The average molecular weight is 260 g/mol. The molecule has 0 radical (unpaired) electrons. The summed E-state index contributed by atoms with van der Waals surface area (Å²) in [5, 5.41) is 11.5. The van der Waals surface area contributed by atoms with Gasteiger partial charge in [0.1, 0.15) is 5.60 Å². The maximum atomic E-state index is 11.6. The number of nitrogens with one attached hydrogen (secondary N) is 1. The molecule has 1 rings (SSSR count). The van der Waals surface area contributed by atoms with Crippen molar-refractivity contribution >= 4 is 12.2 Å². The Balaban J connectivity index is 2.55. The predicted molar refractivity (Wildman–Crippen MR) is 63.6 cm³/mol. The van der Waals surface area contributed by atoms with Gasteiger partial charge in [0, 0.05) is 13.7 Å². The zero-order valence-electron chi connectivity index (χ0n) is 11.1. The van der Waals surface area contributed by atoms with Crippen LogP contribution in [0.3, 0.4) is 0 Å². The molecule has 1 aliphatic heterocycles. The van der Waals surface area contributed by atoms with Crippen LogP contribution in [-0.4, -0.2) is 60.1 Å². The van der Waals surface area contributed by atoms with E-state index in [1.54, 1.807) is 20.8 Å². The number of methoxy groups -OCH3 is 1. The number of alkyl carbamates (subject to hydrolysis) is 1. The van der Waals surface area contributed by atoms with Crippen molar-refractivity contribution in [2.75, 3.05) is 20.2 Å². The van der Waals surface area contributed by atoms with E-state index in [4.69, 9.17) is 14.6 Å². The average Bonchev–Trinajstić information content (AvgIpc) is 2.57. The highest BCUT2D eigenvalue weighted by atomic mass is 16.6. The molecule has 0 aromatic carbocycles. The molecule has 7 nitrogen and oxygen atoms in total. The molecule has 1 heterocycles. The van der Waals surface area contributed by atoms with Crippen molar-refractivity contribution in [3.63, 3.8) is 0 Å². The first-order chi connectivity index (χ1) is 8.23. The number of carboxylic acid groups (broad SMARTS) is 1. The van der Waals surface area contributed by atoms with Crippen molar-refractivity contribution in [2.24, 2.45) is 0 Å². The van der Waals surface area contributed by atoms with E-state index in [2.05, 4.69) is 5.32 Å². The van der Waals surface area contributed by atoms with Crippen molar-refractivity contribution in [1.29, 1.82) is 0 Å². The highest BCUT2D eigenvalue weighted by molar-refractivity contribution is 5.69. The zero-order chi connectivity index (χ0) is 13.9. The summed E-state index contributed by atoms with van der Waals surface area (Å²) in [6, 6.07) is -0.388. The summed E-state index contributed by atoms with van der Waals surface area (Å²) in [6.45, 7) is 5.73. The van der Waals surface area contributed by atoms with Crippen LogP contribution in [0.15, 0.2) is 0 Å². The summed E-state index contributed by atoms with van der Waals surface area (Å²) in [4.78, 5) is 23.7. The first kappa shape index (κ1) is 14.6. The summed E-state index contributed by atoms with van der Waals surface area (Å²) >= 11 is 0. The number of amides is 2.